The highest BCUT2D eigenvalue weighted by Gasteiger charge is 2.06. The van der Waals surface area contributed by atoms with Crippen LogP contribution >= 0.6 is 0 Å². The van der Waals surface area contributed by atoms with Crippen molar-refractivity contribution in [2.45, 2.75) is 6.54 Å². The van der Waals surface area contributed by atoms with Crippen molar-refractivity contribution in [3.8, 4) is 5.75 Å². The van der Waals surface area contributed by atoms with E-state index in [1.54, 1.807) is 6.20 Å². The summed E-state index contributed by atoms with van der Waals surface area (Å²) in [7, 11) is 4.08. The molecule has 0 aliphatic carbocycles. The van der Waals surface area contributed by atoms with E-state index in [4.69, 9.17) is 0 Å². The molecule has 0 aliphatic heterocycles. The minimum absolute atomic E-state index is 0.283. The van der Waals surface area contributed by atoms with Crippen molar-refractivity contribution < 1.29 is 5.11 Å². The molecular formula is C14H19N3O. The number of phenols is 1. The molecule has 0 atom stereocenters. The zero-order valence-electron chi connectivity index (χ0n) is 10.8. The second kappa shape index (κ2) is 5.80. The van der Waals surface area contributed by atoms with Crippen molar-refractivity contribution in [1.29, 1.82) is 0 Å². The first-order valence-electron chi connectivity index (χ1n) is 6.09. The van der Waals surface area contributed by atoms with Gasteiger partial charge >= 0.3 is 0 Å². The van der Waals surface area contributed by atoms with Crippen LogP contribution in [0.25, 0.3) is 10.9 Å². The van der Waals surface area contributed by atoms with Crippen molar-refractivity contribution in [3.63, 3.8) is 0 Å². The van der Waals surface area contributed by atoms with Crippen molar-refractivity contribution >= 4 is 10.9 Å². The Hall–Kier alpha value is -1.65. The molecule has 2 aromatic rings. The van der Waals surface area contributed by atoms with Gasteiger partial charge < -0.3 is 15.3 Å². The zero-order chi connectivity index (χ0) is 13.0. The van der Waals surface area contributed by atoms with Crippen molar-refractivity contribution in [1.82, 2.24) is 15.2 Å². The van der Waals surface area contributed by atoms with E-state index in [9.17, 15) is 5.11 Å². The van der Waals surface area contributed by atoms with Gasteiger partial charge in [-0.05, 0) is 20.2 Å². The number of pyridine rings is 1. The third-order valence-electron chi connectivity index (χ3n) is 2.88. The Morgan fingerprint density at radius 3 is 2.89 bits per heavy atom. The minimum atomic E-state index is 0.283. The van der Waals surface area contributed by atoms with Crippen LogP contribution in [0.5, 0.6) is 5.75 Å². The topological polar surface area (TPSA) is 48.4 Å². The summed E-state index contributed by atoms with van der Waals surface area (Å²) >= 11 is 0. The first kappa shape index (κ1) is 12.8. The van der Waals surface area contributed by atoms with E-state index in [1.165, 1.54) is 0 Å². The molecule has 0 aliphatic rings. The monoisotopic (exact) mass is 245 g/mol. The van der Waals surface area contributed by atoms with Gasteiger partial charge in [0.25, 0.3) is 0 Å². The van der Waals surface area contributed by atoms with Crippen LogP contribution in [0.2, 0.25) is 0 Å². The maximum Gasteiger partial charge on any atom is 0.146 e. The summed E-state index contributed by atoms with van der Waals surface area (Å²) in [4.78, 5) is 6.33. The van der Waals surface area contributed by atoms with Gasteiger partial charge in [-0.25, -0.2) is 0 Å². The van der Waals surface area contributed by atoms with Crippen LogP contribution in [-0.4, -0.2) is 42.2 Å². The zero-order valence-corrected chi connectivity index (χ0v) is 10.8. The quantitative estimate of drug-likeness (QED) is 0.785. The molecule has 0 amide bonds. The molecule has 0 bridgehead atoms. The lowest BCUT2D eigenvalue weighted by molar-refractivity contribution is 0.398. The predicted octanol–water partition coefficient (Wildman–Crippen LogP) is 1.59. The summed E-state index contributed by atoms with van der Waals surface area (Å²) in [6.07, 6.45) is 1.70. The van der Waals surface area contributed by atoms with Gasteiger partial charge in [-0.1, -0.05) is 18.2 Å². The fraction of sp³-hybridized carbons (Fsp3) is 0.357. The Morgan fingerprint density at radius 1 is 1.28 bits per heavy atom. The Balaban J connectivity index is 2.07. The molecule has 0 unspecified atom stereocenters. The Morgan fingerprint density at radius 2 is 2.11 bits per heavy atom. The molecule has 0 saturated heterocycles. The van der Waals surface area contributed by atoms with Gasteiger partial charge in [-0.3, -0.25) is 4.98 Å². The van der Waals surface area contributed by atoms with Crippen LogP contribution in [0.1, 0.15) is 5.56 Å². The number of hydrogen-bond donors (Lipinski definition) is 2. The van der Waals surface area contributed by atoms with Gasteiger partial charge in [-0.15, -0.1) is 0 Å². The summed E-state index contributed by atoms with van der Waals surface area (Å²) in [5.41, 5.74) is 1.56. The van der Waals surface area contributed by atoms with E-state index in [0.29, 0.717) is 12.1 Å². The van der Waals surface area contributed by atoms with Crippen LogP contribution < -0.4 is 5.32 Å². The highest BCUT2D eigenvalue weighted by molar-refractivity contribution is 5.85. The van der Waals surface area contributed by atoms with Gasteiger partial charge in [-0.2, -0.15) is 0 Å². The summed E-state index contributed by atoms with van der Waals surface area (Å²) in [6, 6.07) is 7.76. The van der Waals surface area contributed by atoms with Crippen LogP contribution in [-0.2, 0) is 6.54 Å². The van der Waals surface area contributed by atoms with E-state index in [0.717, 1.165) is 24.0 Å². The molecule has 1 aromatic carbocycles. The fourth-order valence-corrected chi connectivity index (χ4v) is 1.84. The SMILES string of the molecule is CN(C)CCNCc1ccc2cccnc2c1O. The van der Waals surface area contributed by atoms with Crippen LogP contribution in [0.3, 0.4) is 0 Å². The van der Waals surface area contributed by atoms with E-state index >= 15 is 0 Å². The van der Waals surface area contributed by atoms with Crippen LogP contribution in [0, 0.1) is 0 Å². The van der Waals surface area contributed by atoms with E-state index in [2.05, 4.69) is 15.2 Å². The second-order valence-corrected chi connectivity index (χ2v) is 4.63. The molecule has 4 nitrogen and oxygen atoms in total. The molecule has 1 aromatic heterocycles. The number of likely N-dealkylation sites (N-methyl/N-ethyl adjacent to an activating group) is 1. The third-order valence-corrected chi connectivity index (χ3v) is 2.88. The van der Waals surface area contributed by atoms with Gasteiger partial charge in [0.05, 0.1) is 0 Å². The number of rotatable bonds is 5. The molecular weight excluding hydrogens is 226 g/mol. The highest BCUT2D eigenvalue weighted by Crippen LogP contribution is 2.26. The standard InChI is InChI=1S/C14H19N3O/c1-17(2)9-8-15-10-12-6-5-11-4-3-7-16-13(11)14(12)18/h3-7,15,18H,8-10H2,1-2H3. The van der Waals surface area contributed by atoms with Crippen molar-refractivity contribution in [2.24, 2.45) is 0 Å². The lowest BCUT2D eigenvalue weighted by atomic mass is 10.1. The molecule has 0 radical (unpaired) electrons. The molecule has 4 heteroatoms. The van der Waals surface area contributed by atoms with Crippen LogP contribution in [0.4, 0.5) is 0 Å². The number of nitrogens with one attached hydrogen (secondary N) is 1. The Kier molecular flexibility index (Phi) is 4.12. The van der Waals surface area contributed by atoms with Gasteiger partial charge in [0, 0.05) is 36.8 Å². The summed E-state index contributed by atoms with van der Waals surface area (Å²) < 4.78 is 0. The number of phenolic OH excluding ortho intramolecular Hbond substituents is 1. The molecule has 96 valence electrons. The first-order chi connectivity index (χ1) is 8.68. The second-order valence-electron chi connectivity index (χ2n) is 4.63. The smallest absolute Gasteiger partial charge is 0.146 e. The Labute approximate surface area is 107 Å². The molecule has 0 spiro atoms. The molecule has 18 heavy (non-hydrogen) atoms. The average molecular weight is 245 g/mol. The fourth-order valence-electron chi connectivity index (χ4n) is 1.84. The molecule has 2 N–H and O–H groups in total. The molecule has 1 heterocycles. The van der Waals surface area contributed by atoms with Crippen molar-refractivity contribution in [2.75, 3.05) is 27.2 Å². The summed E-state index contributed by atoms with van der Waals surface area (Å²) in [5.74, 6) is 0.283. The number of benzene rings is 1. The van der Waals surface area contributed by atoms with E-state index in [-0.39, 0.29) is 5.75 Å². The lowest BCUT2D eigenvalue weighted by Gasteiger charge is -2.11. The van der Waals surface area contributed by atoms with E-state index < -0.39 is 0 Å². The normalized spacial score (nSPS) is 11.3. The summed E-state index contributed by atoms with van der Waals surface area (Å²) in [6.45, 7) is 2.53. The number of hydrogen-bond acceptors (Lipinski definition) is 4. The maximum atomic E-state index is 10.1. The van der Waals surface area contributed by atoms with Gasteiger partial charge in [0.1, 0.15) is 11.3 Å². The first-order valence-corrected chi connectivity index (χ1v) is 6.09. The highest BCUT2D eigenvalue weighted by atomic mass is 16.3. The van der Waals surface area contributed by atoms with Crippen molar-refractivity contribution in [3.05, 3.63) is 36.0 Å². The largest absolute Gasteiger partial charge is 0.505 e. The average Bonchev–Trinajstić information content (AvgIpc) is 2.37. The van der Waals surface area contributed by atoms with Crippen LogP contribution in [0.15, 0.2) is 30.5 Å². The Bertz CT molecular complexity index is 525. The number of nitrogens with zero attached hydrogens (tertiary/aromatic N) is 2. The third kappa shape index (κ3) is 2.97. The molecule has 0 saturated carbocycles. The van der Waals surface area contributed by atoms with Gasteiger partial charge in [0.15, 0.2) is 0 Å². The number of fused-ring (bicyclic) bond motifs is 1. The van der Waals surface area contributed by atoms with Gasteiger partial charge in [0.2, 0.25) is 0 Å². The van der Waals surface area contributed by atoms with E-state index in [1.807, 2.05) is 38.4 Å². The lowest BCUT2D eigenvalue weighted by Crippen LogP contribution is -2.26. The number of aromatic nitrogens is 1. The maximum absolute atomic E-state index is 10.1. The predicted molar refractivity (Wildman–Crippen MR) is 73.7 cm³/mol. The summed E-state index contributed by atoms with van der Waals surface area (Å²) in [5, 5.41) is 14.4. The molecule has 0 fully saturated rings. The number of aromatic hydroxyl groups is 1. The minimum Gasteiger partial charge on any atom is -0.505 e. The molecule has 2 rings (SSSR count).